The topological polar surface area (TPSA) is 29.3 Å². The molecule has 2 aromatic rings. The van der Waals surface area contributed by atoms with Crippen LogP contribution in [0.4, 0.5) is 17.1 Å². The Kier molecular flexibility index (Phi) is 4.69. The number of nitrogen functional groups attached to an aromatic ring is 1. The van der Waals surface area contributed by atoms with Gasteiger partial charge in [0.25, 0.3) is 0 Å². The molecule has 0 spiro atoms. The van der Waals surface area contributed by atoms with Gasteiger partial charge in [0.1, 0.15) is 0 Å². The summed E-state index contributed by atoms with van der Waals surface area (Å²) in [5, 5.41) is 0.606. The SMILES string of the molecule is CCCCN(c1ccccc1)c1cccc(Cl)c1N. The van der Waals surface area contributed by atoms with E-state index in [2.05, 4.69) is 24.0 Å². The lowest BCUT2D eigenvalue weighted by molar-refractivity contribution is 0.786. The van der Waals surface area contributed by atoms with E-state index in [1.807, 2.05) is 36.4 Å². The molecule has 19 heavy (non-hydrogen) atoms. The maximum atomic E-state index is 6.13. The maximum Gasteiger partial charge on any atom is 0.0744 e. The molecular formula is C16H19ClN2. The fraction of sp³-hybridized carbons (Fsp3) is 0.250. The van der Waals surface area contributed by atoms with Crippen molar-refractivity contribution in [3.63, 3.8) is 0 Å². The normalized spacial score (nSPS) is 10.4. The van der Waals surface area contributed by atoms with E-state index in [1.54, 1.807) is 0 Å². The number of hydrogen-bond donors (Lipinski definition) is 1. The van der Waals surface area contributed by atoms with Crippen molar-refractivity contribution in [1.29, 1.82) is 0 Å². The number of nitrogens with zero attached hydrogens (tertiary/aromatic N) is 1. The molecule has 3 heteroatoms. The molecule has 2 aromatic carbocycles. The predicted molar refractivity (Wildman–Crippen MR) is 84.2 cm³/mol. The Hall–Kier alpha value is -1.67. The number of nitrogens with two attached hydrogens (primary N) is 1. The Morgan fingerprint density at radius 3 is 2.47 bits per heavy atom. The zero-order valence-electron chi connectivity index (χ0n) is 11.1. The molecule has 0 radical (unpaired) electrons. The Balaban J connectivity index is 2.40. The van der Waals surface area contributed by atoms with Crippen molar-refractivity contribution in [3.05, 3.63) is 53.6 Å². The molecular weight excluding hydrogens is 256 g/mol. The summed E-state index contributed by atoms with van der Waals surface area (Å²) < 4.78 is 0. The first kappa shape index (κ1) is 13.8. The van der Waals surface area contributed by atoms with Crippen molar-refractivity contribution >= 4 is 28.7 Å². The third-order valence-corrected chi connectivity index (χ3v) is 3.45. The van der Waals surface area contributed by atoms with E-state index >= 15 is 0 Å². The zero-order valence-corrected chi connectivity index (χ0v) is 11.9. The molecule has 0 aliphatic heterocycles. The summed E-state index contributed by atoms with van der Waals surface area (Å²) in [5.41, 5.74) is 8.88. The number of anilines is 3. The Morgan fingerprint density at radius 2 is 1.79 bits per heavy atom. The van der Waals surface area contributed by atoms with E-state index < -0.39 is 0 Å². The highest BCUT2D eigenvalue weighted by Crippen LogP contribution is 2.34. The molecule has 2 rings (SSSR count). The van der Waals surface area contributed by atoms with Crippen molar-refractivity contribution in [2.75, 3.05) is 17.2 Å². The lowest BCUT2D eigenvalue weighted by Gasteiger charge is -2.26. The lowest BCUT2D eigenvalue weighted by Crippen LogP contribution is -2.19. The van der Waals surface area contributed by atoms with Gasteiger partial charge in [0.05, 0.1) is 16.4 Å². The standard InChI is InChI=1S/C16H19ClN2/c1-2-3-12-19(13-8-5-4-6-9-13)15-11-7-10-14(17)16(15)18/h4-11H,2-3,12,18H2,1H3. The van der Waals surface area contributed by atoms with Gasteiger partial charge in [-0.1, -0.05) is 49.2 Å². The summed E-state index contributed by atoms with van der Waals surface area (Å²) in [6, 6.07) is 16.1. The van der Waals surface area contributed by atoms with E-state index in [1.165, 1.54) is 0 Å². The van der Waals surface area contributed by atoms with Crippen molar-refractivity contribution in [1.82, 2.24) is 0 Å². The molecule has 0 fully saturated rings. The summed E-state index contributed by atoms with van der Waals surface area (Å²) in [6.45, 7) is 3.12. The number of unbranched alkanes of at least 4 members (excludes halogenated alkanes) is 1. The molecule has 0 atom stereocenters. The quantitative estimate of drug-likeness (QED) is 0.789. The average Bonchev–Trinajstić information content (AvgIpc) is 2.45. The molecule has 0 aliphatic carbocycles. The van der Waals surface area contributed by atoms with Gasteiger partial charge in [0.15, 0.2) is 0 Å². The molecule has 0 unspecified atom stereocenters. The predicted octanol–water partition coefficient (Wildman–Crippen LogP) is 4.86. The molecule has 0 aromatic heterocycles. The van der Waals surface area contributed by atoms with Gasteiger partial charge < -0.3 is 10.6 Å². The molecule has 0 aliphatic rings. The summed E-state index contributed by atoms with van der Waals surface area (Å²) in [7, 11) is 0. The second-order valence-electron chi connectivity index (χ2n) is 4.51. The van der Waals surface area contributed by atoms with Crippen LogP contribution in [-0.4, -0.2) is 6.54 Å². The number of halogens is 1. The third-order valence-electron chi connectivity index (χ3n) is 3.12. The molecule has 0 saturated carbocycles. The van der Waals surface area contributed by atoms with Crippen molar-refractivity contribution in [2.24, 2.45) is 0 Å². The highest BCUT2D eigenvalue weighted by molar-refractivity contribution is 6.33. The number of hydrogen-bond acceptors (Lipinski definition) is 2. The van der Waals surface area contributed by atoms with Crippen LogP contribution in [0.15, 0.2) is 48.5 Å². The minimum absolute atomic E-state index is 0.606. The second kappa shape index (κ2) is 6.48. The summed E-state index contributed by atoms with van der Waals surface area (Å²) in [6.07, 6.45) is 2.25. The van der Waals surface area contributed by atoms with Crippen LogP contribution < -0.4 is 10.6 Å². The first-order valence-electron chi connectivity index (χ1n) is 6.60. The van der Waals surface area contributed by atoms with E-state index in [0.717, 1.165) is 30.8 Å². The van der Waals surface area contributed by atoms with E-state index in [-0.39, 0.29) is 0 Å². The molecule has 0 saturated heterocycles. The molecule has 100 valence electrons. The second-order valence-corrected chi connectivity index (χ2v) is 4.92. The Bertz CT molecular complexity index is 526. The smallest absolute Gasteiger partial charge is 0.0744 e. The van der Waals surface area contributed by atoms with Gasteiger partial charge in [-0.15, -0.1) is 0 Å². The van der Waals surface area contributed by atoms with Crippen molar-refractivity contribution in [3.8, 4) is 0 Å². The van der Waals surface area contributed by atoms with Gasteiger partial charge in [0.2, 0.25) is 0 Å². The van der Waals surface area contributed by atoms with Crippen LogP contribution in [0.5, 0.6) is 0 Å². The first-order chi connectivity index (χ1) is 9.24. The number of rotatable bonds is 5. The largest absolute Gasteiger partial charge is 0.396 e. The minimum Gasteiger partial charge on any atom is -0.396 e. The van der Waals surface area contributed by atoms with Gasteiger partial charge in [-0.2, -0.15) is 0 Å². The molecule has 2 N–H and O–H groups in total. The number of para-hydroxylation sites is 2. The summed E-state index contributed by atoms with van der Waals surface area (Å²) >= 11 is 6.13. The minimum atomic E-state index is 0.606. The average molecular weight is 275 g/mol. The van der Waals surface area contributed by atoms with Crippen LogP contribution >= 0.6 is 11.6 Å². The van der Waals surface area contributed by atoms with Crippen LogP contribution in [0.3, 0.4) is 0 Å². The fourth-order valence-corrected chi connectivity index (χ4v) is 2.24. The monoisotopic (exact) mass is 274 g/mol. The van der Waals surface area contributed by atoms with Crippen LogP contribution in [0, 0.1) is 0 Å². The molecule has 0 amide bonds. The van der Waals surface area contributed by atoms with Crippen LogP contribution in [-0.2, 0) is 0 Å². The zero-order chi connectivity index (χ0) is 13.7. The van der Waals surface area contributed by atoms with Crippen LogP contribution in [0.2, 0.25) is 5.02 Å². The fourth-order valence-electron chi connectivity index (χ4n) is 2.07. The maximum absolute atomic E-state index is 6.13. The molecule has 0 heterocycles. The van der Waals surface area contributed by atoms with E-state index in [4.69, 9.17) is 17.3 Å². The van der Waals surface area contributed by atoms with Crippen molar-refractivity contribution < 1.29 is 0 Å². The summed E-state index contributed by atoms with van der Waals surface area (Å²) in [4.78, 5) is 2.23. The number of benzene rings is 2. The third kappa shape index (κ3) is 3.21. The lowest BCUT2D eigenvalue weighted by atomic mass is 10.2. The van der Waals surface area contributed by atoms with Gasteiger partial charge in [0, 0.05) is 12.2 Å². The highest BCUT2D eigenvalue weighted by Gasteiger charge is 2.13. The Morgan fingerprint density at radius 1 is 1.05 bits per heavy atom. The van der Waals surface area contributed by atoms with Crippen LogP contribution in [0.1, 0.15) is 19.8 Å². The highest BCUT2D eigenvalue weighted by atomic mass is 35.5. The Labute approximate surface area is 119 Å². The molecule has 2 nitrogen and oxygen atoms in total. The first-order valence-corrected chi connectivity index (χ1v) is 6.98. The van der Waals surface area contributed by atoms with Gasteiger partial charge in [-0.3, -0.25) is 0 Å². The van der Waals surface area contributed by atoms with Crippen LogP contribution in [0.25, 0.3) is 0 Å². The van der Waals surface area contributed by atoms with Gasteiger partial charge >= 0.3 is 0 Å². The van der Waals surface area contributed by atoms with Crippen molar-refractivity contribution in [2.45, 2.75) is 19.8 Å². The van der Waals surface area contributed by atoms with E-state index in [0.29, 0.717) is 10.7 Å². The van der Waals surface area contributed by atoms with Gasteiger partial charge in [-0.05, 0) is 30.7 Å². The van der Waals surface area contributed by atoms with E-state index in [9.17, 15) is 0 Å². The van der Waals surface area contributed by atoms with Gasteiger partial charge in [-0.25, -0.2) is 0 Å². The summed E-state index contributed by atoms with van der Waals surface area (Å²) in [5.74, 6) is 0. The molecule has 0 bridgehead atoms.